The van der Waals surface area contributed by atoms with Crippen LogP contribution in [0.3, 0.4) is 0 Å². The minimum absolute atomic E-state index is 0.210. The van der Waals surface area contributed by atoms with E-state index in [0.29, 0.717) is 26.4 Å². The molecule has 2 aromatic carbocycles. The molecule has 0 saturated heterocycles. The first-order valence-corrected chi connectivity index (χ1v) is 11.4. The quantitative estimate of drug-likeness (QED) is 0.438. The number of rotatable bonds is 10. The van der Waals surface area contributed by atoms with E-state index in [4.69, 9.17) is 18.6 Å². The zero-order chi connectivity index (χ0) is 23.0. The third-order valence-electron chi connectivity index (χ3n) is 5.60. The van der Waals surface area contributed by atoms with E-state index >= 15 is 0 Å². The first kappa shape index (κ1) is 22.9. The smallest absolute Gasteiger partial charge is 0.310 e. The molecule has 5 nitrogen and oxygen atoms in total. The molecule has 0 saturated carbocycles. The Balaban J connectivity index is 1.38. The Morgan fingerprint density at radius 3 is 2.67 bits per heavy atom. The maximum atomic E-state index is 11.9. The summed E-state index contributed by atoms with van der Waals surface area (Å²) in [5.74, 6) is 1.54. The number of furan rings is 1. The predicted molar refractivity (Wildman–Crippen MR) is 127 cm³/mol. The van der Waals surface area contributed by atoms with Crippen molar-refractivity contribution in [2.24, 2.45) is 5.92 Å². The minimum atomic E-state index is -0.244. The van der Waals surface area contributed by atoms with Gasteiger partial charge in [0.05, 0.1) is 26.2 Å². The highest BCUT2D eigenvalue weighted by atomic mass is 16.5. The molecule has 0 N–H and O–H groups in total. The van der Waals surface area contributed by atoms with Crippen LogP contribution in [0.1, 0.15) is 37.2 Å². The van der Waals surface area contributed by atoms with Crippen LogP contribution < -0.4 is 15.4 Å². The van der Waals surface area contributed by atoms with E-state index in [-0.39, 0.29) is 18.3 Å². The van der Waals surface area contributed by atoms with Crippen molar-refractivity contribution in [1.29, 1.82) is 0 Å². The standard InChI is InChI=1S/C28H30O5/c1-3-31-27(29)16-23-11-7-8-12-26(23)32-18-22-13-20(2)28-24(14-22)15-25(33-28)19-30-17-21-9-5-4-6-10-21/h4-12,14-15,22H,3,13,16-19H2,1-2H3. The van der Waals surface area contributed by atoms with E-state index in [1.807, 2.05) is 61.5 Å². The van der Waals surface area contributed by atoms with Crippen LogP contribution in [0.2, 0.25) is 0 Å². The number of esters is 1. The molecule has 33 heavy (non-hydrogen) atoms. The van der Waals surface area contributed by atoms with Gasteiger partial charge in [-0.3, -0.25) is 4.79 Å². The molecule has 0 aliphatic heterocycles. The van der Waals surface area contributed by atoms with Gasteiger partial charge < -0.3 is 18.6 Å². The number of carbonyl (C=O) groups is 1. The van der Waals surface area contributed by atoms with Gasteiger partial charge in [0.25, 0.3) is 0 Å². The minimum Gasteiger partial charge on any atom is -0.493 e. The monoisotopic (exact) mass is 446 g/mol. The first-order valence-electron chi connectivity index (χ1n) is 11.4. The van der Waals surface area contributed by atoms with E-state index in [2.05, 4.69) is 19.1 Å². The van der Waals surface area contributed by atoms with Crippen molar-refractivity contribution in [3.8, 4) is 5.75 Å². The molecule has 172 valence electrons. The summed E-state index contributed by atoms with van der Waals surface area (Å²) in [7, 11) is 0. The molecule has 0 fully saturated rings. The summed E-state index contributed by atoms with van der Waals surface area (Å²) in [4.78, 5) is 11.9. The lowest BCUT2D eigenvalue weighted by molar-refractivity contribution is -0.142. The third-order valence-corrected chi connectivity index (χ3v) is 5.60. The van der Waals surface area contributed by atoms with E-state index in [1.54, 1.807) is 0 Å². The molecule has 0 bridgehead atoms. The lowest BCUT2D eigenvalue weighted by Crippen LogP contribution is -2.29. The lowest BCUT2D eigenvalue weighted by Gasteiger charge is -2.18. The molecular formula is C28H30O5. The maximum Gasteiger partial charge on any atom is 0.310 e. The predicted octanol–water partition coefficient (Wildman–Crippen LogP) is 4.15. The van der Waals surface area contributed by atoms with Crippen LogP contribution >= 0.6 is 0 Å². The summed E-state index contributed by atoms with van der Waals surface area (Å²) in [5, 5.41) is 1.09. The molecule has 5 heteroatoms. The summed E-state index contributed by atoms with van der Waals surface area (Å²) in [5.41, 5.74) is 4.13. The number of benzene rings is 2. The number of fused-ring (bicyclic) bond motifs is 1. The fourth-order valence-corrected chi connectivity index (χ4v) is 4.09. The van der Waals surface area contributed by atoms with Crippen LogP contribution in [0, 0.1) is 5.92 Å². The Labute approximate surface area is 194 Å². The molecule has 1 atom stereocenters. The summed E-state index contributed by atoms with van der Waals surface area (Å²) < 4.78 is 23.1. The zero-order valence-electron chi connectivity index (χ0n) is 19.2. The lowest BCUT2D eigenvalue weighted by atomic mass is 9.95. The number of carbonyl (C=O) groups excluding carboxylic acids is 1. The molecule has 1 aliphatic carbocycles. The molecule has 1 unspecified atom stereocenters. The van der Waals surface area contributed by atoms with E-state index in [0.717, 1.165) is 39.7 Å². The molecule has 4 rings (SSSR count). The Morgan fingerprint density at radius 1 is 1.06 bits per heavy atom. The summed E-state index contributed by atoms with van der Waals surface area (Å²) in [6.45, 7) is 5.81. The van der Waals surface area contributed by atoms with Gasteiger partial charge in [-0.2, -0.15) is 0 Å². The Kier molecular flexibility index (Phi) is 7.63. The highest BCUT2D eigenvalue weighted by Crippen LogP contribution is 2.22. The molecule has 1 aliphatic rings. The van der Waals surface area contributed by atoms with Gasteiger partial charge in [-0.25, -0.2) is 0 Å². The summed E-state index contributed by atoms with van der Waals surface area (Å²) in [6.07, 6.45) is 3.28. The average Bonchev–Trinajstić information content (AvgIpc) is 3.23. The number of hydrogen-bond donors (Lipinski definition) is 0. The summed E-state index contributed by atoms with van der Waals surface area (Å²) >= 11 is 0. The van der Waals surface area contributed by atoms with Gasteiger partial charge in [-0.1, -0.05) is 54.6 Å². The van der Waals surface area contributed by atoms with Gasteiger partial charge in [0.15, 0.2) is 0 Å². The summed E-state index contributed by atoms with van der Waals surface area (Å²) in [6, 6.07) is 19.8. The molecule has 1 aromatic heterocycles. The molecule has 0 amide bonds. The normalized spacial score (nSPS) is 15.0. The van der Waals surface area contributed by atoms with Gasteiger partial charge in [0.1, 0.15) is 23.5 Å². The van der Waals surface area contributed by atoms with Crippen LogP contribution in [0.4, 0.5) is 0 Å². The van der Waals surface area contributed by atoms with Crippen LogP contribution in [0.15, 0.2) is 65.1 Å². The first-order chi connectivity index (χ1) is 16.1. The van der Waals surface area contributed by atoms with Gasteiger partial charge in [0.2, 0.25) is 0 Å². The Morgan fingerprint density at radius 2 is 1.85 bits per heavy atom. The number of para-hydroxylation sites is 1. The van der Waals surface area contributed by atoms with Crippen molar-refractivity contribution < 1.29 is 23.4 Å². The second-order valence-electron chi connectivity index (χ2n) is 8.29. The fourth-order valence-electron chi connectivity index (χ4n) is 4.09. The van der Waals surface area contributed by atoms with E-state index in [9.17, 15) is 4.79 Å². The average molecular weight is 447 g/mol. The van der Waals surface area contributed by atoms with Crippen LogP contribution in [0.5, 0.6) is 5.75 Å². The molecular weight excluding hydrogens is 416 g/mol. The molecule has 1 heterocycles. The Bertz CT molecular complexity index is 1190. The van der Waals surface area contributed by atoms with Crippen LogP contribution in [-0.2, 0) is 33.9 Å². The van der Waals surface area contributed by atoms with Crippen molar-refractivity contribution in [3.05, 3.63) is 88.2 Å². The van der Waals surface area contributed by atoms with Gasteiger partial charge in [-0.15, -0.1) is 0 Å². The van der Waals surface area contributed by atoms with Crippen molar-refractivity contribution in [1.82, 2.24) is 0 Å². The van der Waals surface area contributed by atoms with Crippen molar-refractivity contribution in [2.75, 3.05) is 13.2 Å². The van der Waals surface area contributed by atoms with Crippen molar-refractivity contribution >= 4 is 17.6 Å². The van der Waals surface area contributed by atoms with E-state index in [1.165, 1.54) is 5.57 Å². The SMILES string of the molecule is CCOC(=O)Cc1ccccc1OCC1C=c2cc(COCc3ccccc3)oc2=C(C)C1. The topological polar surface area (TPSA) is 57.9 Å². The van der Waals surface area contributed by atoms with Gasteiger partial charge in [0, 0.05) is 16.7 Å². The second-order valence-corrected chi connectivity index (χ2v) is 8.29. The maximum absolute atomic E-state index is 11.9. The fraction of sp³-hybridized carbons (Fsp3) is 0.321. The van der Waals surface area contributed by atoms with Gasteiger partial charge in [-0.05, 0) is 43.5 Å². The highest BCUT2D eigenvalue weighted by Gasteiger charge is 2.17. The largest absolute Gasteiger partial charge is 0.493 e. The Hall–Kier alpha value is -3.31. The van der Waals surface area contributed by atoms with Crippen LogP contribution in [0.25, 0.3) is 11.6 Å². The molecule has 3 aromatic rings. The van der Waals surface area contributed by atoms with Crippen LogP contribution in [-0.4, -0.2) is 19.2 Å². The van der Waals surface area contributed by atoms with Gasteiger partial charge >= 0.3 is 5.97 Å². The number of hydrogen-bond acceptors (Lipinski definition) is 5. The third kappa shape index (κ3) is 6.14. The highest BCUT2D eigenvalue weighted by molar-refractivity contribution is 5.73. The van der Waals surface area contributed by atoms with E-state index < -0.39 is 0 Å². The second kappa shape index (κ2) is 11.0. The number of ether oxygens (including phenoxy) is 3. The molecule has 0 spiro atoms. The van der Waals surface area contributed by atoms with Crippen molar-refractivity contribution in [3.63, 3.8) is 0 Å². The van der Waals surface area contributed by atoms with Crippen molar-refractivity contribution in [2.45, 2.75) is 39.9 Å². The zero-order valence-corrected chi connectivity index (χ0v) is 19.2. The molecule has 0 radical (unpaired) electrons.